The standard InChI is InChI=1S/C13H16O5/c1-16-12-10(14)7-17-11(12)8-18-13(15)9-5-3-2-4-6-9/h2-6,10-12,14H,7-8H2,1H3/t10-,11+,12+/m0/s1. The Morgan fingerprint density at radius 2 is 2.17 bits per heavy atom. The molecule has 0 bridgehead atoms. The zero-order chi connectivity index (χ0) is 13.0. The lowest BCUT2D eigenvalue weighted by atomic mass is 10.1. The SMILES string of the molecule is CO[C@@H]1[C@@H](O)CO[C@@H]1COC(=O)c1ccccc1. The van der Waals surface area contributed by atoms with Crippen LogP contribution in [0, 0.1) is 0 Å². The normalized spacial score (nSPS) is 27.1. The first-order chi connectivity index (χ1) is 8.72. The van der Waals surface area contributed by atoms with Crippen molar-refractivity contribution in [3.63, 3.8) is 0 Å². The number of ether oxygens (including phenoxy) is 3. The lowest BCUT2D eigenvalue weighted by Gasteiger charge is -2.18. The van der Waals surface area contributed by atoms with Crippen molar-refractivity contribution < 1.29 is 24.1 Å². The van der Waals surface area contributed by atoms with E-state index in [0.717, 1.165) is 0 Å². The summed E-state index contributed by atoms with van der Waals surface area (Å²) in [7, 11) is 1.49. The Hall–Kier alpha value is -1.43. The highest BCUT2D eigenvalue weighted by Gasteiger charge is 2.37. The van der Waals surface area contributed by atoms with Crippen molar-refractivity contribution >= 4 is 5.97 Å². The molecule has 0 radical (unpaired) electrons. The van der Waals surface area contributed by atoms with Crippen LogP contribution >= 0.6 is 0 Å². The van der Waals surface area contributed by atoms with E-state index in [4.69, 9.17) is 14.2 Å². The minimum Gasteiger partial charge on any atom is -0.459 e. The van der Waals surface area contributed by atoms with Gasteiger partial charge in [0.15, 0.2) is 0 Å². The summed E-state index contributed by atoms with van der Waals surface area (Å²) in [6.45, 7) is 0.273. The third-order valence-corrected chi connectivity index (χ3v) is 2.89. The Balaban J connectivity index is 1.87. The molecule has 0 aromatic heterocycles. The van der Waals surface area contributed by atoms with Gasteiger partial charge in [-0.2, -0.15) is 0 Å². The molecule has 1 heterocycles. The highest BCUT2D eigenvalue weighted by atomic mass is 16.6. The van der Waals surface area contributed by atoms with Crippen LogP contribution in [0.4, 0.5) is 0 Å². The molecule has 1 aromatic carbocycles. The van der Waals surface area contributed by atoms with Crippen LogP contribution in [0.1, 0.15) is 10.4 Å². The molecule has 5 nitrogen and oxygen atoms in total. The predicted octanol–water partition coefficient (Wildman–Crippen LogP) is 0.618. The zero-order valence-corrected chi connectivity index (χ0v) is 10.1. The Kier molecular flexibility index (Phi) is 4.30. The number of hydrogen-bond donors (Lipinski definition) is 1. The van der Waals surface area contributed by atoms with Gasteiger partial charge in [0, 0.05) is 7.11 Å². The van der Waals surface area contributed by atoms with Crippen molar-refractivity contribution in [3.8, 4) is 0 Å². The molecule has 1 aliphatic rings. The molecule has 0 saturated carbocycles. The average Bonchev–Trinajstić information content (AvgIpc) is 2.77. The van der Waals surface area contributed by atoms with Gasteiger partial charge in [0.25, 0.3) is 0 Å². The van der Waals surface area contributed by atoms with Gasteiger partial charge >= 0.3 is 5.97 Å². The van der Waals surface area contributed by atoms with Gasteiger partial charge in [-0.05, 0) is 12.1 Å². The molecular formula is C13H16O5. The van der Waals surface area contributed by atoms with Crippen molar-refractivity contribution in [2.24, 2.45) is 0 Å². The van der Waals surface area contributed by atoms with E-state index in [9.17, 15) is 9.90 Å². The summed E-state index contributed by atoms with van der Waals surface area (Å²) in [6, 6.07) is 8.73. The van der Waals surface area contributed by atoms with Gasteiger partial charge in [-0.15, -0.1) is 0 Å². The zero-order valence-electron chi connectivity index (χ0n) is 10.1. The minimum atomic E-state index is -0.671. The fourth-order valence-corrected chi connectivity index (χ4v) is 1.93. The van der Waals surface area contributed by atoms with E-state index in [1.807, 2.05) is 6.07 Å². The Bertz CT molecular complexity index is 392. The topological polar surface area (TPSA) is 65.0 Å². The number of methoxy groups -OCH3 is 1. The van der Waals surface area contributed by atoms with Crippen LogP contribution in [0.5, 0.6) is 0 Å². The summed E-state index contributed by atoms with van der Waals surface area (Å²) >= 11 is 0. The fraction of sp³-hybridized carbons (Fsp3) is 0.462. The molecule has 98 valence electrons. The maximum atomic E-state index is 11.7. The van der Waals surface area contributed by atoms with E-state index in [1.165, 1.54) is 7.11 Å². The summed E-state index contributed by atoms with van der Waals surface area (Å²) in [4.78, 5) is 11.7. The molecule has 0 unspecified atom stereocenters. The Labute approximate surface area is 105 Å². The van der Waals surface area contributed by atoms with E-state index in [-0.39, 0.29) is 13.2 Å². The number of rotatable bonds is 4. The van der Waals surface area contributed by atoms with Gasteiger partial charge in [0.2, 0.25) is 0 Å². The molecule has 1 aliphatic heterocycles. The summed E-state index contributed by atoms with van der Waals surface area (Å²) in [6.07, 6.45) is -1.54. The molecule has 1 aromatic rings. The van der Waals surface area contributed by atoms with Gasteiger partial charge in [-0.25, -0.2) is 4.79 Å². The van der Waals surface area contributed by atoms with Crippen molar-refractivity contribution in [3.05, 3.63) is 35.9 Å². The molecule has 2 rings (SSSR count). The second-order valence-electron chi connectivity index (χ2n) is 4.10. The molecular weight excluding hydrogens is 236 g/mol. The molecule has 0 spiro atoms. The molecule has 1 fully saturated rings. The number of aliphatic hydroxyl groups is 1. The van der Waals surface area contributed by atoms with E-state index >= 15 is 0 Å². The lowest BCUT2D eigenvalue weighted by Crippen LogP contribution is -2.35. The van der Waals surface area contributed by atoms with Crippen LogP contribution in [-0.2, 0) is 14.2 Å². The van der Waals surface area contributed by atoms with Crippen molar-refractivity contribution in [2.45, 2.75) is 18.3 Å². The number of aliphatic hydroxyl groups excluding tert-OH is 1. The van der Waals surface area contributed by atoms with Crippen molar-refractivity contribution in [1.29, 1.82) is 0 Å². The largest absolute Gasteiger partial charge is 0.459 e. The lowest BCUT2D eigenvalue weighted by molar-refractivity contribution is -0.0389. The highest BCUT2D eigenvalue weighted by molar-refractivity contribution is 5.89. The first-order valence-corrected chi connectivity index (χ1v) is 5.77. The van der Waals surface area contributed by atoms with Crippen molar-refractivity contribution in [2.75, 3.05) is 20.3 Å². The second kappa shape index (κ2) is 5.95. The van der Waals surface area contributed by atoms with Gasteiger partial charge in [-0.3, -0.25) is 0 Å². The van der Waals surface area contributed by atoms with Crippen LogP contribution in [0.3, 0.4) is 0 Å². The van der Waals surface area contributed by atoms with E-state index < -0.39 is 24.3 Å². The van der Waals surface area contributed by atoms with Gasteiger partial charge in [0.05, 0.1) is 12.2 Å². The smallest absolute Gasteiger partial charge is 0.338 e. The monoisotopic (exact) mass is 252 g/mol. The van der Waals surface area contributed by atoms with E-state index in [1.54, 1.807) is 24.3 Å². The van der Waals surface area contributed by atoms with Gasteiger partial charge in [0.1, 0.15) is 24.9 Å². The molecule has 0 aliphatic carbocycles. The molecule has 3 atom stereocenters. The number of benzene rings is 1. The van der Waals surface area contributed by atoms with Crippen LogP contribution in [0.15, 0.2) is 30.3 Å². The molecule has 5 heteroatoms. The second-order valence-corrected chi connectivity index (χ2v) is 4.10. The number of carbonyl (C=O) groups is 1. The number of hydrogen-bond acceptors (Lipinski definition) is 5. The summed E-state index contributed by atoms with van der Waals surface area (Å²) in [5.74, 6) is -0.407. The maximum Gasteiger partial charge on any atom is 0.338 e. The van der Waals surface area contributed by atoms with Crippen LogP contribution in [0.2, 0.25) is 0 Å². The van der Waals surface area contributed by atoms with E-state index in [0.29, 0.717) is 5.56 Å². The first kappa shape index (κ1) is 13.0. The Morgan fingerprint density at radius 1 is 1.44 bits per heavy atom. The summed E-state index contributed by atoms with van der Waals surface area (Å²) in [5, 5.41) is 9.55. The molecule has 1 N–H and O–H groups in total. The highest BCUT2D eigenvalue weighted by Crippen LogP contribution is 2.18. The van der Waals surface area contributed by atoms with E-state index in [2.05, 4.69) is 0 Å². The molecule has 18 heavy (non-hydrogen) atoms. The van der Waals surface area contributed by atoms with Crippen LogP contribution in [0.25, 0.3) is 0 Å². The molecule has 0 amide bonds. The number of carbonyl (C=O) groups excluding carboxylic acids is 1. The minimum absolute atomic E-state index is 0.0727. The Morgan fingerprint density at radius 3 is 2.83 bits per heavy atom. The fourth-order valence-electron chi connectivity index (χ4n) is 1.93. The summed E-state index contributed by atoms with van der Waals surface area (Å²) < 4.78 is 15.5. The van der Waals surface area contributed by atoms with Gasteiger partial charge in [-0.1, -0.05) is 18.2 Å². The third-order valence-electron chi connectivity index (χ3n) is 2.89. The average molecular weight is 252 g/mol. The maximum absolute atomic E-state index is 11.7. The molecule has 1 saturated heterocycles. The summed E-state index contributed by atoms with van der Waals surface area (Å²) in [5.41, 5.74) is 0.491. The van der Waals surface area contributed by atoms with Crippen LogP contribution in [-0.4, -0.2) is 49.7 Å². The van der Waals surface area contributed by atoms with Crippen LogP contribution < -0.4 is 0 Å². The third kappa shape index (κ3) is 2.87. The predicted molar refractivity (Wildman–Crippen MR) is 63.3 cm³/mol. The van der Waals surface area contributed by atoms with Gasteiger partial charge < -0.3 is 19.3 Å². The first-order valence-electron chi connectivity index (χ1n) is 5.77. The number of esters is 1. The quantitative estimate of drug-likeness (QED) is 0.796. The van der Waals surface area contributed by atoms with Crippen molar-refractivity contribution in [1.82, 2.24) is 0 Å².